The molecule has 88 valence electrons. The van der Waals surface area contributed by atoms with Crippen LogP contribution >= 0.6 is 11.6 Å². The van der Waals surface area contributed by atoms with Gasteiger partial charge in [-0.15, -0.1) is 0 Å². The van der Waals surface area contributed by atoms with Crippen LogP contribution in [0.5, 0.6) is 0 Å². The molecular weight excluding hydrogens is 226 g/mol. The molecule has 0 aliphatic carbocycles. The van der Waals surface area contributed by atoms with Crippen molar-refractivity contribution >= 4 is 17.5 Å². The summed E-state index contributed by atoms with van der Waals surface area (Å²) in [6, 6.07) is 5.01. The number of hydrogen-bond acceptors (Lipinski definition) is 2. The molecule has 0 spiro atoms. The minimum atomic E-state index is -0.203. The molecule has 0 aliphatic rings. The van der Waals surface area contributed by atoms with Gasteiger partial charge >= 0.3 is 0 Å². The third-order valence-electron chi connectivity index (χ3n) is 2.56. The van der Waals surface area contributed by atoms with E-state index in [9.17, 15) is 4.79 Å². The molecule has 0 saturated carbocycles. The molecule has 4 heteroatoms. The van der Waals surface area contributed by atoms with Gasteiger partial charge in [0.25, 0.3) is 5.91 Å². The molecule has 0 radical (unpaired) electrons. The second-order valence-electron chi connectivity index (χ2n) is 3.67. The van der Waals surface area contributed by atoms with Crippen LogP contribution in [0.25, 0.3) is 0 Å². The van der Waals surface area contributed by atoms with Gasteiger partial charge in [-0.3, -0.25) is 4.79 Å². The van der Waals surface area contributed by atoms with Crippen molar-refractivity contribution in [2.24, 2.45) is 0 Å². The summed E-state index contributed by atoms with van der Waals surface area (Å²) < 4.78 is 0. The molecular formula is C12H16ClNO2. The molecule has 3 nitrogen and oxygen atoms in total. The van der Waals surface area contributed by atoms with Gasteiger partial charge in [0.05, 0.1) is 12.6 Å². The maximum Gasteiger partial charge on any atom is 0.251 e. The second kappa shape index (κ2) is 5.87. The summed E-state index contributed by atoms with van der Waals surface area (Å²) in [6.07, 6.45) is 0.696. The molecule has 0 bridgehead atoms. The number of carbonyl (C=O) groups excluding carboxylic acids is 1. The van der Waals surface area contributed by atoms with E-state index in [1.165, 1.54) is 0 Å². The van der Waals surface area contributed by atoms with Crippen LogP contribution in [0.1, 0.15) is 29.3 Å². The highest BCUT2D eigenvalue weighted by Gasteiger charge is 2.14. The van der Waals surface area contributed by atoms with Crippen molar-refractivity contribution in [2.75, 3.05) is 6.61 Å². The van der Waals surface area contributed by atoms with Crippen LogP contribution in [-0.2, 0) is 0 Å². The highest BCUT2D eigenvalue weighted by atomic mass is 35.5. The molecule has 0 fully saturated rings. The molecule has 0 unspecified atom stereocenters. The third kappa shape index (κ3) is 2.97. The maximum absolute atomic E-state index is 11.9. The first-order valence-electron chi connectivity index (χ1n) is 5.27. The lowest BCUT2D eigenvalue weighted by molar-refractivity contribution is 0.0914. The summed E-state index contributed by atoms with van der Waals surface area (Å²) in [4.78, 5) is 11.9. The third-order valence-corrected chi connectivity index (χ3v) is 2.97. The van der Waals surface area contributed by atoms with Crippen molar-refractivity contribution in [3.05, 3.63) is 34.3 Å². The Morgan fingerprint density at radius 1 is 1.56 bits per heavy atom. The van der Waals surface area contributed by atoms with E-state index in [0.717, 1.165) is 5.56 Å². The number of rotatable bonds is 4. The van der Waals surface area contributed by atoms with Crippen LogP contribution < -0.4 is 5.32 Å². The summed E-state index contributed by atoms with van der Waals surface area (Å²) in [5.74, 6) is -0.194. The largest absolute Gasteiger partial charge is 0.394 e. The number of benzene rings is 1. The monoisotopic (exact) mass is 241 g/mol. The molecule has 0 aliphatic heterocycles. The first-order chi connectivity index (χ1) is 7.60. The number of aliphatic hydroxyl groups excluding tert-OH is 1. The topological polar surface area (TPSA) is 49.3 Å². The van der Waals surface area contributed by atoms with Crippen molar-refractivity contribution in [3.63, 3.8) is 0 Å². The van der Waals surface area contributed by atoms with Crippen LogP contribution in [0.2, 0.25) is 5.02 Å². The highest BCUT2D eigenvalue weighted by Crippen LogP contribution is 2.18. The second-order valence-corrected chi connectivity index (χ2v) is 4.08. The van der Waals surface area contributed by atoms with Gasteiger partial charge in [0.1, 0.15) is 0 Å². The predicted octanol–water partition coefficient (Wildman–Crippen LogP) is 2.15. The van der Waals surface area contributed by atoms with Crippen LogP contribution in [0.3, 0.4) is 0 Å². The lowest BCUT2D eigenvalue weighted by atomic mass is 10.1. The molecule has 1 amide bonds. The van der Waals surface area contributed by atoms with E-state index < -0.39 is 0 Å². The van der Waals surface area contributed by atoms with E-state index in [1.54, 1.807) is 25.1 Å². The predicted molar refractivity (Wildman–Crippen MR) is 64.8 cm³/mol. The van der Waals surface area contributed by atoms with E-state index >= 15 is 0 Å². The highest BCUT2D eigenvalue weighted by molar-refractivity contribution is 6.31. The molecule has 16 heavy (non-hydrogen) atoms. The molecule has 1 aromatic rings. The average molecular weight is 242 g/mol. The Kier molecular flexibility index (Phi) is 4.77. The van der Waals surface area contributed by atoms with Crippen molar-refractivity contribution < 1.29 is 9.90 Å². The van der Waals surface area contributed by atoms with Gasteiger partial charge in [-0.2, -0.15) is 0 Å². The Balaban J connectivity index is 2.84. The van der Waals surface area contributed by atoms with Crippen molar-refractivity contribution in [2.45, 2.75) is 26.3 Å². The van der Waals surface area contributed by atoms with E-state index in [1.807, 2.05) is 6.92 Å². The Morgan fingerprint density at radius 3 is 2.81 bits per heavy atom. The molecule has 0 heterocycles. The van der Waals surface area contributed by atoms with Crippen LogP contribution in [0, 0.1) is 6.92 Å². The van der Waals surface area contributed by atoms with Gasteiger partial charge < -0.3 is 10.4 Å². The maximum atomic E-state index is 11.9. The number of aliphatic hydroxyl groups is 1. The molecule has 2 N–H and O–H groups in total. The summed E-state index contributed by atoms with van der Waals surface area (Å²) in [5, 5.41) is 12.3. The van der Waals surface area contributed by atoms with Gasteiger partial charge in [-0.1, -0.05) is 24.6 Å². The van der Waals surface area contributed by atoms with Crippen molar-refractivity contribution in [3.8, 4) is 0 Å². The number of carbonyl (C=O) groups is 1. The van der Waals surface area contributed by atoms with Gasteiger partial charge in [-0.05, 0) is 31.0 Å². The summed E-state index contributed by atoms with van der Waals surface area (Å²) >= 11 is 5.93. The zero-order valence-corrected chi connectivity index (χ0v) is 10.2. The van der Waals surface area contributed by atoms with Gasteiger partial charge in [-0.25, -0.2) is 0 Å². The number of halogens is 1. The number of amides is 1. The zero-order chi connectivity index (χ0) is 12.1. The molecule has 1 atom stereocenters. The van der Waals surface area contributed by atoms with Crippen LogP contribution in [0.15, 0.2) is 18.2 Å². The fourth-order valence-corrected chi connectivity index (χ4v) is 1.57. The quantitative estimate of drug-likeness (QED) is 0.849. The van der Waals surface area contributed by atoms with E-state index in [-0.39, 0.29) is 18.6 Å². The average Bonchev–Trinajstić information content (AvgIpc) is 2.29. The van der Waals surface area contributed by atoms with Crippen molar-refractivity contribution in [1.29, 1.82) is 0 Å². The number of nitrogens with one attached hydrogen (secondary N) is 1. The van der Waals surface area contributed by atoms with E-state index in [0.29, 0.717) is 17.0 Å². The van der Waals surface area contributed by atoms with Crippen LogP contribution in [0.4, 0.5) is 0 Å². The van der Waals surface area contributed by atoms with Gasteiger partial charge in [0, 0.05) is 10.6 Å². The Morgan fingerprint density at radius 2 is 2.25 bits per heavy atom. The van der Waals surface area contributed by atoms with Crippen LogP contribution in [-0.4, -0.2) is 23.7 Å². The summed E-state index contributed by atoms with van der Waals surface area (Å²) in [5.41, 5.74) is 1.31. The summed E-state index contributed by atoms with van der Waals surface area (Å²) in [7, 11) is 0. The minimum Gasteiger partial charge on any atom is -0.394 e. The first-order valence-corrected chi connectivity index (χ1v) is 5.64. The standard InChI is InChI=1S/C12H16ClNO2/c1-3-9(7-15)14-12(16)10-5-4-6-11(13)8(10)2/h4-6,9,15H,3,7H2,1-2H3,(H,14,16)/t9-/m1/s1. The normalized spacial score (nSPS) is 12.2. The Labute approximate surface area is 100 Å². The lowest BCUT2D eigenvalue weighted by Crippen LogP contribution is -2.37. The van der Waals surface area contributed by atoms with E-state index in [2.05, 4.69) is 5.32 Å². The smallest absolute Gasteiger partial charge is 0.251 e. The molecule has 1 aromatic carbocycles. The Bertz CT molecular complexity index is 375. The van der Waals surface area contributed by atoms with Crippen molar-refractivity contribution in [1.82, 2.24) is 5.32 Å². The summed E-state index contributed by atoms with van der Waals surface area (Å²) in [6.45, 7) is 3.66. The lowest BCUT2D eigenvalue weighted by Gasteiger charge is -2.15. The fourth-order valence-electron chi connectivity index (χ4n) is 1.39. The van der Waals surface area contributed by atoms with Gasteiger partial charge in [0.15, 0.2) is 0 Å². The number of hydrogen-bond donors (Lipinski definition) is 2. The first kappa shape index (κ1) is 13.0. The molecule has 1 rings (SSSR count). The van der Waals surface area contributed by atoms with E-state index in [4.69, 9.17) is 16.7 Å². The minimum absolute atomic E-state index is 0.0537. The Hall–Kier alpha value is -1.06. The molecule has 0 saturated heterocycles. The fraction of sp³-hybridized carbons (Fsp3) is 0.417. The SMILES string of the molecule is CC[C@H](CO)NC(=O)c1cccc(Cl)c1C. The molecule has 0 aromatic heterocycles. The van der Waals surface area contributed by atoms with Gasteiger partial charge in [0.2, 0.25) is 0 Å². The zero-order valence-electron chi connectivity index (χ0n) is 9.46.